The average Bonchev–Trinajstić information content (AvgIpc) is 2.18. The number of hydroxylamine groups is 1. The maximum atomic E-state index is 9.36. The Bertz CT molecular complexity index is 246. The van der Waals surface area contributed by atoms with E-state index >= 15 is 0 Å². The summed E-state index contributed by atoms with van der Waals surface area (Å²) in [5.74, 6) is 0. The molecule has 0 atom stereocenters. The lowest BCUT2D eigenvalue weighted by molar-refractivity contribution is 0.260. The zero-order chi connectivity index (χ0) is 9.68. The average molecular weight is 180 g/mol. The zero-order valence-electron chi connectivity index (χ0n) is 8.12. The van der Waals surface area contributed by atoms with Crippen LogP contribution in [-0.2, 0) is 0 Å². The summed E-state index contributed by atoms with van der Waals surface area (Å²) >= 11 is 0. The minimum Gasteiger partial charge on any atom is -0.385 e. The number of nitrogens with zero attached hydrogens (tertiary/aromatic N) is 1. The van der Waals surface area contributed by atoms with Crippen molar-refractivity contribution in [1.29, 1.82) is 0 Å². The Labute approximate surface area is 78.9 Å². The number of nitrogens with one attached hydrogen (secondary N) is 1. The van der Waals surface area contributed by atoms with Gasteiger partial charge in [-0.2, -0.15) is 0 Å². The molecule has 0 aromatic heterocycles. The SMILES string of the molecule is CCNc1ccc(N(O)CC)cc1. The summed E-state index contributed by atoms with van der Waals surface area (Å²) in [6, 6.07) is 7.69. The molecule has 1 aromatic rings. The predicted octanol–water partition coefficient (Wildman–Crippen LogP) is 2.33. The van der Waals surface area contributed by atoms with Gasteiger partial charge >= 0.3 is 0 Å². The van der Waals surface area contributed by atoms with Crippen molar-refractivity contribution in [2.24, 2.45) is 0 Å². The first-order chi connectivity index (χ1) is 6.27. The van der Waals surface area contributed by atoms with Crippen molar-refractivity contribution in [3.8, 4) is 0 Å². The molecule has 0 aliphatic rings. The Morgan fingerprint density at radius 3 is 2.31 bits per heavy atom. The van der Waals surface area contributed by atoms with Gasteiger partial charge in [0.25, 0.3) is 0 Å². The fraction of sp³-hybridized carbons (Fsp3) is 0.400. The van der Waals surface area contributed by atoms with Crippen molar-refractivity contribution >= 4 is 11.4 Å². The Morgan fingerprint density at radius 2 is 1.85 bits per heavy atom. The van der Waals surface area contributed by atoms with Crippen molar-refractivity contribution in [3.05, 3.63) is 24.3 Å². The van der Waals surface area contributed by atoms with Crippen molar-refractivity contribution in [1.82, 2.24) is 0 Å². The number of hydrogen-bond acceptors (Lipinski definition) is 3. The van der Waals surface area contributed by atoms with Crippen LogP contribution in [0.2, 0.25) is 0 Å². The van der Waals surface area contributed by atoms with Gasteiger partial charge in [0.1, 0.15) is 0 Å². The molecule has 0 heterocycles. The van der Waals surface area contributed by atoms with Crippen LogP contribution in [0.15, 0.2) is 24.3 Å². The number of rotatable bonds is 4. The number of hydrogen-bond donors (Lipinski definition) is 2. The highest BCUT2D eigenvalue weighted by Gasteiger charge is 1.98. The van der Waals surface area contributed by atoms with E-state index in [1.165, 1.54) is 5.06 Å². The van der Waals surface area contributed by atoms with Gasteiger partial charge in [-0.15, -0.1) is 0 Å². The molecule has 13 heavy (non-hydrogen) atoms. The van der Waals surface area contributed by atoms with Crippen LogP contribution in [-0.4, -0.2) is 18.3 Å². The lowest BCUT2D eigenvalue weighted by Gasteiger charge is -2.14. The van der Waals surface area contributed by atoms with Crippen molar-refractivity contribution < 1.29 is 5.21 Å². The van der Waals surface area contributed by atoms with E-state index in [0.29, 0.717) is 6.54 Å². The Hall–Kier alpha value is -1.22. The molecule has 0 spiro atoms. The normalized spacial score (nSPS) is 9.77. The summed E-state index contributed by atoms with van der Waals surface area (Å²) in [5.41, 5.74) is 1.90. The quantitative estimate of drug-likeness (QED) is 0.698. The van der Waals surface area contributed by atoms with E-state index in [1.807, 2.05) is 31.2 Å². The second-order valence-electron chi connectivity index (χ2n) is 2.79. The molecular weight excluding hydrogens is 164 g/mol. The Balaban J connectivity index is 2.69. The van der Waals surface area contributed by atoms with E-state index in [4.69, 9.17) is 0 Å². The molecule has 2 N–H and O–H groups in total. The van der Waals surface area contributed by atoms with Crippen molar-refractivity contribution in [3.63, 3.8) is 0 Å². The van der Waals surface area contributed by atoms with Crippen LogP contribution in [0, 0.1) is 0 Å². The van der Waals surface area contributed by atoms with E-state index in [2.05, 4.69) is 12.2 Å². The smallest absolute Gasteiger partial charge is 0.0635 e. The maximum absolute atomic E-state index is 9.36. The third-order valence-electron chi connectivity index (χ3n) is 1.85. The van der Waals surface area contributed by atoms with Crippen LogP contribution in [0.25, 0.3) is 0 Å². The second-order valence-corrected chi connectivity index (χ2v) is 2.79. The predicted molar refractivity (Wildman–Crippen MR) is 55.4 cm³/mol. The van der Waals surface area contributed by atoms with E-state index in [9.17, 15) is 5.21 Å². The summed E-state index contributed by atoms with van der Waals surface area (Å²) in [7, 11) is 0. The fourth-order valence-corrected chi connectivity index (χ4v) is 1.14. The zero-order valence-corrected chi connectivity index (χ0v) is 8.12. The van der Waals surface area contributed by atoms with E-state index in [0.717, 1.165) is 17.9 Å². The summed E-state index contributed by atoms with van der Waals surface area (Å²) in [5, 5.41) is 13.8. The summed E-state index contributed by atoms with van der Waals surface area (Å²) in [6.45, 7) is 5.47. The second kappa shape index (κ2) is 4.72. The highest BCUT2D eigenvalue weighted by Crippen LogP contribution is 2.15. The van der Waals surface area contributed by atoms with E-state index in [-0.39, 0.29) is 0 Å². The van der Waals surface area contributed by atoms with Crippen LogP contribution in [0.5, 0.6) is 0 Å². The van der Waals surface area contributed by atoms with Gasteiger partial charge in [-0.1, -0.05) is 0 Å². The summed E-state index contributed by atoms with van der Waals surface area (Å²) < 4.78 is 0. The molecule has 0 saturated carbocycles. The van der Waals surface area contributed by atoms with Crippen LogP contribution in [0.1, 0.15) is 13.8 Å². The molecule has 0 fully saturated rings. The number of anilines is 2. The minimum atomic E-state index is 0.598. The largest absolute Gasteiger partial charge is 0.385 e. The van der Waals surface area contributed by atoms with Crippen LogP contribution >= 0.6 is 0 Å². The van der Waals surface area contributed by atoms with Crippen LogP contribution in [0.4, 0.5) is 11.4 Å². The molecule has 0 amide bonds. The van der Waals surface area contributed by atoms with Gasteiger partial charge in [0.15, 0.2) is 0 Å². The standard InChI is InChI=1S/C10H16N2O/c1-3-11-9-5-7-10(8-6-9)12(13)4-2/h5-8,11,13H,3-4H2,1-2H3. The summed E-state index contributed by atoms with van der Waals surface area (Å²) in [4.78, 5) is 0. The molecule has 1 rings (SSSR count). The third-order valence-corrected chi connectivity index (χ3v) is 1.85. The lowest BCUT2D eigenvalue weighted by atomic mass is 10.2. The molecule has 0 saturated heterocycles. The van der Waals surface area contributed by atoms with E-state index < -0.39 is 0 Å². The molecule has 1 aromatic carbocycles. The van der Waals surface area contributed by atoms with Gasteiger partial charge in [0.2, 0.25) is 0 Å². The van der Waals surface area contributed by atoms with Gasteiger partial charge in [0.05, 0.1) is 5.69 Å². The molecule has 3 nitrogen and oxygen atoms in total. The first-order valence-electron chi connectivity index (χ1n) is 4.58. The minimum absolute atomic E-state index is 0.598. The molecule has 0 bridgehead atoms. The Kier molecular flexibility index (Phi) is 3.58. The molecule has 0 aliphatic carbocycles. The lowest BCUT2D eigenvalue weighted by Crippen LogP contribution is -2.16. The first kappa shape index (κ1) is 9.86. The molecule has 0 unspecified atom stereocenters. The monoisotopic (exact) mass is 180 g/mol. The van der Waals surface area contributed by atoms with Gasteiger partial charge in [-0.3, -0.25) is 10.3 Å². The van der Waals surface area contributed by atoms with Crippen molar-refractivity contribution in [2.75, 3.05) is 23.5 Å². The van der Waals surface area contributed by atoms with Gasteiger partial charge in [-0.05, 0) is 38.1 Å². The highest BCUT2D eigenvalue weighted by molar-refractivity contribution is 5.53. The molecule has 0 radical (unpaired) electrons. The van der Waals surface area contributed by atoms with Crippen molar-refractivity contribution in [2.45, 2.75) is 13.8 Å². The Morgan fingerprint density at radius 1 is 1.23 bits per heavy atom. The molecule has 3 heteroatoms. The first-order valence-corrected chi connectivity index (χ1v) is 4.58. The van der Waals surface area contributed by atoms with Gasteiger partial charge < -0.3 is 5.32 Å². The maximum Gasteiger partial charge on any atom is 0.0635 e. The van der Waals surface area contributed by atoms with Gasteiger partial charge in [-0.25, -0.2) is 0 Å². The van der Waals surface area contributed by atoms with Crippen LogP contribution < -0.4 is 10.4 Å². The fourth-order valence-electron chi connectivity index (χ4n) is 1.14. The van der Waals surface area contributed by atoms with E-state index in [1.54, 1.807) is 0 Å². The third kappa shape index (κ3) is 2.63. The molecule has 0 aliphatic heterocycles. The summed E-state index contributed by atoms with van der Waals surface area (Å²) in [6.07, 6.45) is 0. The highest BCUT2D eigenvalue weighted by atomic mass is 16.5. The molecular formula is C10H16N2O. The van der Waals surface area contributed by atoms with Crippen LogP contribution in [0.3, 0.4) is 0 Å². The number of benzene rings is 1. The topological polar surface area (TPSA) is 35.5 Å². The van der Waals surface area contributed by atoms with Gasteiger partial charge in [0, 0.05) is 18.8 Å². The molecule has 72 valence electrons.